The Balaban J connectivity index is 1.53. The molecule has 6 nitrogen and oxygen atoms in total. The normalized spacial score (nSPS) is 14.7. The van der Waals surface area contributed by atoms with Gasteiger partial charge in [0.2, 0.25) is 0 Å². The van der Waals surface area contributed by atoms with E-state index in [0.717, 1.165) is 37.2 Å². The Morgan fingerprint density at radius 3 is 2.91 bits per heavy atom. The molecule has 2 aromatic carbocycles. The number of aryl methyl sites for hydroxylation is 1. The van der Waals surface area contributed by atoms with Crippen molar-refractivity contribution in [2.75, 3.05) is 30.9 Å². The fourth-order valence-corrected chi connectivity index (χ4v) is 4.31. The monoisotopic (exact) mass is 426 g/mol. The molecule has 0 fully saturated rings. The van der Waals surface area contributed by atoms with Crippen molar-refractivity contribution in [3.8, 4) is 6.07 Å². The predicted molar refractivity (Wildman–Crippen MR) is 125 cm³/mol. The second-order valence-electron chi connectivity index (χ2n) is 7.99. The maximum atomic E-state index is 12.0. The van der Waals surface area contributed by atoms with Crippen LogP contribution in [0.25, 0.3) is 0 Å². The van der Waals surface area contributed by atoms with Crippen molar-refractivity contribution in [1.29, 1.82) is 5.26 Å². The molecule has 1 aliphatic carbocycles. The molecule has 0 saturated carbocycles. The molecule has 0 saturated heterocycles. The number of pyridine rings is 1. The minimum absolute atomic E-state index is 0.353. The smallest absolute Gasteiger partial charge is 0.340 e. The van der Waals surface area contributed by atoms with E-state index in [1.165, 1.54) is 18.2 Å². The molecule has 1 atom stereocenters. The second-order valence-corrected chi connectivity index (χ2v) is 7.99. The number of hydrogen-bond acceptors (Lipinski definition) is 6. The number of benzene rings is 2. The number of aromatic nitrogens is 1. The van der Waals surface area contributed by atoms with Crippen molar-refractivity contribution in [2.45, 2.75) is 25.2 Å². The van der Waals surface area contributed by atoms with Crippen molar-refractivity contribution in [3.63, 3.8) is 0 Å². The summed E-state index contributed by atoms with van der Waals surface area (Å²) in [4.78, 5) is 18.3. The number of nitrogens with zero attached hydrogens (tertiary/aromatic N) is 3. The molecule has 1 N–H and O–H groups in total. The van der Waals surface area contributed by atoms with E-state index in [1.54, 1.807) is 18.5 Å². The van der Waals surface area contributed by atoms with E-state index in [1.807, 2.05) is 31.3 Å². The Labute approximate surface area is 188 Å². The molecule has 0 amide bonds. The Morgan fingerprint density at radius 1 is 1.25 bits per heavy atom. The van der Waals surface area contributed by atoms with Crippen molar-refractivity contribution in [1.82, 2.24) is 4.98 Å². The lowest BCUT2D eigenvalue weighted by Crippen LogP contribution is -2.20. The quantitative estimate of drug-likeness (QED) is 0.557. The van der Waals surface area contributed by atoms with Gasteiger partial charge in [-0.1, -0.05) is 12.1 Å². The summed E-state index contributed by atoms with van der Waals surface area (Å²) in [6, 6.07) is 18.1. The fraction of sp³-hybridized carbons (Fsp3) is 0.269. The lowest BCUT2D eigenvalue weighted by atomic mass is 9.82. The summed E-state index contributed by atoms with van der Waals surface area (Å²) in [6.45, 7) is 0.724. The van der Waals surface area contributed by atoms with E-state index in [4.69, 9.17) is 4.74 Å². The molecule has 0 radical (unpaired) electrons. The van der Waals surface area contributed by atoms with Gasteiger partial charge in [-0.05, 0) is 66.8 Å². The molecular formula is C26H26N4O2. The molecule has 0 spiro atoms. The summed E-state index contributed by atoms with van der Waals surface area (Å²) in [7, 11) is 3.41. The molecule has 1 heterocycles. The number of nitrogens with one attached hydrogen (secondary N) is 1. The second kappa shape index (κ2) is 9.52. The first-order chi connectivity index (χ1) is 15.6. The van der Waals surface area contributed by atoms with Crippen LogP contribution in [0.3, 0.4) is 0 Å². The first kappa shape index (κ1) is 21.4. The number of rotatable bonds is 6. The van der Waals surface area contributed by atoms with Crippen molar-refractivity contribution >= 4 is 23.0 Å². The summed E-state index contributed by atoms with van der Waals surface area (Å²) in [5.74, 6) is -0.0159. The lowest BCUT2D eigenvalue weighted by Gasteiger charge is -2.28. The van der Waals surface area contributed by atoms with Crippen LogP contribution in [-0.2, 0) is 11.2 Å². The van der Waals surface area contributed by atoms with Crippen molar-refractivity contribution < 1.29 is 9.53 Å². The number of methoxy groups -OCH3 is 1. The van der Waals surface area contributed by atoms with Gasteiger partial charge in [-0.25, -0.2) is 4.79 Å². The van der Waals surface area contributed by atoms with Gasteiger partial charge < -0.3 is 15.0 Å². The fourth-order valence-electron chi connectivity index (χ4n) is 4.31. The third kappa shape index (κ3) is 4.42. The highest BCUT2D eigenvalue weighted by Gasteiger charge is 2.22. The van der Waals surface area contributed by atoms with E-state index < -0.39 is 0 Å². The van der Waals surface area contributed by atoms with Gasteiger partial charge in [0, 0.05) is 37.1 Å². The van der Waals surface area contributed by atoms with E-state index >= 15 is 0 Å². The van der Waals surface area contributed by atoms with Crippen molar-refractivity contribution in [3.05, 3.63) is 83.2 Å². The van der Waals surface area contributed by atoms with Gasteiger partial charge >= 0.3 is 5.97 Å². The topological polar surface area (TPSA) is 78.2 Å². The van der Waals surface area contributed by atoms with Gasteiger partial charge in [-0.2, -0.15) is 5.26 Å². The maximum absolute atomic E-state index is 12.0. The number of hydrogen-bond donors (Lipinski definition) is 1. The van der Waals surface area contributed by atoms with Crippen LogP contribution in [0.2, 0.25) is 0 Å². The van der Waals surface area contributed by atoms with Gasteiger partial charge in [-0.15, -0.1) is 0 Å². The van der Waals surface area contributed by atoms with Gasteiger partial charge in [0.05, 0.1) is 36.2 Å². The third-order valence-electron chi connectivity index (χ3n) is 6.08. The number of fused-ring (bicyclic) bond motifs is 1. The molecule has 162 valence electrons. The summed E-state index contributed by atoms with van der Waals surface area (Å²) in [5.41, 5.74) is 6.63. The highest BCUT2D eigenvalue weighted by Crippen LogP contribution is 2.35. The van der Waals surface area contributed by atoms with Gasteiger partial charge in [0.25, 0.3) is 0 Å². The van der Waals surface area contributed by atoms with Gasteiger partial charge in [0.15, 0.2) is 0 Å². The number of carbonyl (C=O) groups excluding carboxylic acids is 1. The van der Waals surface area contributed by atoms with Crippen molar-refractivity contribution in [2.24, 2.45) is 0 Å². The van der Waals surface area contributed by atoms with Crippen LogP contribution in [0.4, 0.5) is 17.1 Å². The molecule has 0 bridgehead atoms. The van der Waals surface area contributed by atoms with Crippen LogP contribution in [0.15, 0.2) is 60.9 Å². The minimum Gasteiger partial charge on any atom is -0.465 e. The zero-order valence-electron chi connectivity index (χ0n) is 18.3. The molecule has 0 aliphatic heterocycles. The first-order valence-corrected chi connectivity index (χ1v) is 10.7. The molecule has 6 heteroatoms. The van der Waals surface area contributed by atoms with E-state index in [0.29, 0.717) is 22.7 Å². The lowest BCUT2D eigenvalue weighted by molar-refractivity contribution is 0.0601. The summed E-state index contributed by atoms with van der Waals surface area (Å²) in [5, 5.41) is 12.6. The maximum Gasteiger partial charge on any atom is 0.340 e. The van der Waals surface area contributed by atoms with E-state index in [-0.39, 0.29) is 5.97 Å². The molecule has 4 rings (SSSR count). The van der Waals surface area contributed by atoms with E-state index in [9.17, 15) is 10.1 Å². The molecule has 0 unspecified atom stereocenters. The molecule has 1 aromatic heterocycles. The van der Waals surface area contributed by atoms with Gasteiger partial charge in [0.1, 0.15) is 0 Å². The standard InChI is InChI=1S/C26H26N4O2/c1-30(21-8-3-5-18(13-21)15-27)22-9-10-23-19(14-22)6-4-7-20(23)16-29-25-17-28-12-11-24(25)26(31)32-2/h3,5,8-14,17,20,29H,4,6-7,16H2,1-2H3/t20-/m0/s1. The predicted octanol–water partition coefficient (Wildman–Crippen LogP) is 5.04. The highest BCUT2D eigenvalue weighted by molar-refractivity contribution is 5.95. The van der Waals surface area contributed by atoms with Crippen LogP contribution >= 0.6 is 0 Å². The highest BCUT2D eigenvalue weighted by atomic mass is 16.5. The zero-order chi connectivity index (χ0) is 22.5. The SMILES string of the molecule is COC(=O)c1ccncc1NC[C@@H]1CCCc2cc(N(C)c3cccc(C#N)c3)ccc21. The van der Waals surface area contributed by atoms with Crippen LogP contribution in [0.1, 0.15) is 45.8 Å². The largest absolute Gasteiger partial charge is 0.465 e. The van der Waals surface area contributed by atoms with Crippen LogP contribution in [-0.4, -0.2) is 31.7 Å². The van der Waals surface area contributed by atoms with Gasteiger partial charge in [-0.3, -0.25) is 4.98 Å². The average molecular weight is 427 g/mol. The number of nitriles is 1. The Morgan fingerprint density at radius 2 is 2.09 bits per heavy atom. The minimum atomic E-state index is -0.368. The zero-order valence-corrected chi connectivity index (χ0v) is 18.3. The first-order valence-electron chi connectivity index (χ1n) is 10.7. The number of anilines is 3. The Kier molecular flexibility index (Phi) is 6.37. The third-order valence-corrected chi connectivity index (χ3v) is 6.08. The van der Waals surface area contributed by atoms with Crippen LogP contribution < -0.4 is 10.2 Å². The number of carbonyl (C=O) groups is 1. The molecule has 1 aliphatic rings. The number of esters is 1. The van der Waals surface area contributed by atoms with Crippen LogP contribution in [0.5, 0.6) is 0 Å². The molecule has 3 aromatic rings. The Bertz CT molecular complexity index is 1170. The van der Waals surface area contributed by atoms with E-state index in [2.05, 4.69) is 39.5 Å². The summed E-state index contributed by atoms with van der Waals surface area (Å²) in [6.07, 6.45) is 6.52. The Hall–Kier alpha value is -3.85. The molecular weight excluding hydrogens is 400 g/mol. The van der Waals surface area contributed by atoms with Crippen LogP contribution in [0, 0.1) is 11.3 Å². The molecule has 32 heavy (non-hydrogen) atoms. The average Bonchev–Trinajstić information content (AvgIpc) is 2.86. The summed E-state index contributed by atoms with van der Waals surface area (Å²) >= 11 is 0. The number of ether oxygens (including phenoxy) is 1. The summed E-state index contributed by atoms with van der Waals surface area (Å²) < 4.78 is 4.88.